The molecule has 0 fully saturated rings. The number of benzene rings is 2. The van der Waals surface area contributed by atoms with E-state index in [-0.39, 0.29) is 9.92 Å². The molecule has 0 radical (unpaired) electrons. The standard InChI is InChI=1S/C15H15ClFNO3S/c1-10(12-5-3-4-6-15(12)21-2)18-22(19,20)11-7-8-14(17)13(16)9-11/h3-10,18H,1-2H3/t10-/m0/s1. The number of nitrogens with one attached hydrogen (secondary N) is 1. The molecule has 7 heteroatoms. The van der Waals surface area contributed by atoms with Gasteiger partial charge in [0.2, 0.25) is 10.0 Å². The van der Waals surface area contributed by atoms with Gasteiger partial charge in [0, 0.05) is 11.6 Å². The molecule has 0 spiro atoms. The number of ether oxygens (including phenoxy) is 1. The fraction of sp³-hybridized carbons (Fsp3) is 0.200. The van der Waals surface area contributed by atoms with Gasteiger partial charge in [0.15, 0.2) is 0 Å². The number of hydrogen-bond donors (Lipinski definition) is 1. The van der Waals surface area contributed by atoms with E-state index in [0.29, 0.717) is 11.3 Å². The van der Waals surface area contributed by atoms with Crippen LogP contribution in [-0.4, -0.2) is 15.5 Å². The molecule has 0 aliphatic heterocycles. The summed E-state index contributed by atoms with van der Waals surface area (Å²) in [5, 5.41) is -0.243. The Morgan fingerprint density at radius 2 is 1.91 bits per heavy atom. The normalized spacial score (nSPS) is 12.9. The Labute approximate surface area is 133 Å². The van der Waals surface area contributed by atoms with Crippen LogP contribution >= 0.6 is 11.6 Å². The lowest BCUT2D eigenvalue weighted by Crippen LogP contribution is -2.27. The first-order chi connectivity index (χ1) is 10.3. The minimum absolute atomic E-state index is 0.0966. The zero-order valence-corrected chi connectivity index (χ0v) is 13.6. The third-order valence-electron chi connectivity index (χ3n) is 3.14. The lowest BCUT2D eigenvalue weighted by molar-refractivity contribution is 0.405. The summed E-state index contributed by atoms with van der Waals surface area (Å²) in [4.78, 5) is -0.0966. The first kappa shape index (κ1) is 16.7. The SMILES string of the molecule is COc1ccccc1[C@H](C)NS(=O)(=O)c1ccc(F)c(Cl)c1. The van der Waals surface area contributed by atoms with Crippen molar-refractivity contribution in [2.75, 3.05) is 7.11 Å². The van der Waals surface area contributed by atoms with Crippen LogP contribution in [0.15, 0.2) is 47.4 Å². The van der Waals surface area contributed by atoms with E-state index in [4.69, 9.17) is 16.3 Å². The second kappa shape index (κ2) is 6.64. The molecule has 2 aromatic rings. The average molecular weight is 344 g/mol. The van der Waals surface area contributed by atoms with Crippen molar-refractivity contribution in [1.82, 2.24) is 4.72 Å². The van der Waals surface area contributed by atoms with E-state index >= 15 is 0 Å². The van der Waals surface area contributed by atoms with E-state index in [1.165, 1.54) is 13.2 Å². The van der Waals surface area contributed by atoms with E-state index in [2.05, 4.69) is 4.72 Å². The molecule has 2 rings (SSSR count). The molecule has 1 atom stereocenters. The van der Waals surface area contributed by atoms with Gasteiger partial charge in [-0.2, -0.15) is 0 Å². The lowest BCUT2D eigenvalue weighted by atomic mass is 10.1. The van der Waals surface area contributed by atoms with Gasteiger partial charge in [0.05, 0.1) is 17.0 Å². The van der Waals surface area contributed by atoms with Gasteiger partial charge < -0.3 is 4.74 Å². The summed E-state index contributed by atoms with van der Waals surface area (Å²) in [7, 11) is -2.31. The maximum atomic E-state index is 13.1. The smallest absolute Gasteiger partial charge is 0.241 e. The highest BCUT2D eigenvalue weighted by Gasteiger charge is 2.21. The van der Waals surface area contributed by atoms with Crippen LogP contribution in [0.4, 0.5) is 4.39 Å². The van der Waals surface area contributed by atoms with Gasteiger partial charge in [-0.15, -0.1) is 0 Å². The molecule has 22 heavy (non-hydrogen) atoms. The van der Waals surface area contributed by atoms with E-state index in [0.717, 1.165) is 12.1 Å². The summed E-state index contributed by atoms with van der Waals surface area (Å²) in [5.41, 5.74) is 0.696. The third kappa shape index (κ3) is 3.58. The fourth-order valence-corrected chi connectivity index (χ4v) is 3.53. The third-order valence-corrected chi connectivity index (χ3v) is 4.97. The number of para-hydroxylation sites is 1. The van der Waals surface area contributed by atoms with Gasteiger partial charge in [-0.25, -0.2) is 17.5 Å². The summed E-state index contributed by atoms with van der Waals surface area (Å²) >= 11 is 5.63. The molecule has 118 valence electrons. The zero-order valence-electron chi connectivity index (χ0n) is 12.0. The van der Waals surface area contributed by atoms with Crippen molar-refractivity contribution in [3.8, 4) is 5.75 Å². The van der Waals surface area contributed by atoms with E-state index < -0.39 is 21.9 Å². The summed E-state index contributed by atoms with van der Waals surface area (Å²) < 4.78 is 45.6. The fourth-order valence-electron chi connectivity index (χ4n) is 2.03. The quantitative estimate of drug-likeness (QED) is 0.903. The minimum Gasteiger partial charge on any atom is -0.496 e. The number of hydrogen-bond acceptors (Lipinski definition) is 3. The molecule has 0 aromatic heterocycles. The molecule has 0 amide bonds. The molecule has 0 heterocycles. The first-order valence-electron chi connectivity index (χ1n) is 6.45. The topological polar surface area (TPSA) is 55.4 Å². The van der Waals surface area contributed by atoms with Crippen LogP contribution in [0.2, 0.25) is 5.02 Å². The molecule has 4 nitrogen and oxygen atoms in total. The van der Waals surface area contributed by atoms with Crippen molar-refractivity contribution in [3.63, 3.8) is 0 Å². The minimum atomic E-state index is -3.83. The van der Waals surface area contributed by atoms with E-state index in [1.54, 1.807) is 31.2 Å². The predicted octanol–water partition coefficient (Wildman–Crippen LogP) is 3.53. The van der Waals surface area contributed by atoms with Crippen LogP contribution in [0.5, 0.6) is 5.75 Å². The van der Waals surface area contributed by atoms with Crippen LogP contribution < -0.4 is 9.46 Å². The van der Waals surface area contributed by atoms with Crippen molar-refractivity contribution in [3.05, 3.63) is 58.9 Å². The Hall–Kier alpha value is -1.63. The van der Waals surface area contributed by atoms with Crippen molar-refractivity contribution >= 4 is 21.6 Å². The molecule has 0 aliphatic carbocycles. The summed E-state index contributed by atoms with van der Waals surface area (Å²) in [5.74, 6) is -0.0896. The molecule has 0 saturated heterocycles. The van der Waals surface area contributed by atoms with Crippen molar-refractivity contribution < 1.29 is 17.5 Å². The molecular formula is C15H15ClFNO3S. The van der Waals surface area contributed by atoms with Gasteiger partial charge in [-0.3, -0.25) is 0 Å². The second-order valence-corrected chi connectivity index (χ2v) is 6.78. The Bertz CT molecular complexity index is 780. The monoisotopic (exact) mass is 343 g/mol. The summed E-state index contributed by atoms with van der Waals surface area (Å²) in [6.45, 7) is 1.69. The molecule has 0 bridgehead atoms. The number of sulfonamides is 1. The van der Waals surface area contributed by atoms with Gasteiger partial charge in [0.1, 0.15) is 11.6 Å². The van der Waals surface area contributed by atoms with Gasteiger partial charge in [-0.05, 0) is 31.2 Å². The van der Waals surface area contributed by atoms with Crippen LogP contribution in [0.25, 0.3) is 0 Å². The molecular weight excluding hydrogens is 329 g/mol. The average Bonchev–Trinajstić information content (AvgIpc) is 2.49. The maximum absolute atomic E-state index is 13.1. The Balaban J connectivity index is 2.29. The second-order valence-electron chi connectivity index (χ2n) is 4.66. The number of halogens is 2. The maximum Gasteiger partial charge on any atom is 0.241 e. The van der Waals surface area contributed by atoms with E-state index in [9.17, 15) is 12.8 Å². The molecule has 2 aromatic carbocycles. The molecule has 1 N–H and O–H groups in total. The molecule has 0 unspecified atom stereocenters. The van der Waals surface area contributed by atoms with Crippen LogP contribution in [-0.2, 0) is 10.0 Å². The van der Waals surface area contributed by atoms with Crippen LogP contribution in [0.3, 0.4) is 0 Å². The van der Waals surface area contributed by atoms with Crippen molar-refractivity contribution in [2.24, 2.45) is 0 Å². The highest BCUT2D eigenvalue weighted by atomic mass is 35.5. The Morgan fingerprint density at radius 3 is 2.55 bits per heavy atom. The highest BCUT2D eigenvalue weighted by Crippen LogP contribution is 2.26. The largest absolute Gasteiger partial charge is 0.496 e. The van der Waals surface area contributed by atoms with Gasteiger partial charge >= 0.3 is 0 Å². The first-order valence-corrected chi connectivity index (χ1v) is 8.31. The van der Waals surface area contributed by atoms with Crippen LogP contribution in [0.1, 0.15) is 18.5 Å². The Kier molecular flexibility index (Phi) is 5.05. The zero-order chi connectivity index (χ0) is 16.3. The molecule has 0 saturated carbocycles. The summed E-state index contributed by atoms with van der Waals surface area (Å²) in [6, 6.07) is 9.83. The van der Waals surface area contributed by atoms with E-state index in [1.807, 2.05) is 0 Å². The number of methoxy groups -OCH3 is 1. The van der Waals surface area contributed by atoms with Crippen LogP contribution in [0, 0.1) is 5.82 Å². The summed E-state index contributed by atoms with van der Waals surface area (Å²) in [6.07, 6.45) is 0. The lowest BCUT2D eigenvalue weighted by Gasteiger charge is -2.17. The van der Waals surface area contributed by atoms with Gasteiger partial charge in [0.25, 0.3) is 0 Å². The van der Waals surface area contributed by atoms with Crippen molar-refractivity contribution in [1.29, 1.82) is 0 Å². The van der Waals surface area contributed by atoms with Crippen molar-refractivity contribution in [2.45, 2.75) is 17.9 Å². The highest BCUT2D eigenvalue weighted by molar-refractivity contribution is 7.89. The van der Waals surface area contributed by atoms with Gasteiger partial charge in [-0.1, -0.05) is 29.8 Å². The number of rotatable bonds is 5. The molecule has 0 aliphatic rings. The Morgan fingerprint density at radius 1 is 1.23 bits per heavy atom. The predicted molar refractivity (Wildman–Crippen MR) is 83.1 cm³/mol.